The van der Waals surface area contributed by atoms with E-state index in [9.17, 15) is 9.90 Å². The molecule has 1 aromatic heterocycles. The van der Waals surface area contributed by atoms with Crippen molar-refractivity contribution < 1.29 is 14.6 Å². The van der Waals surface area contributed by atoms with E-state index in [0.29, 0.717) is 32.1 Å². The second kappa shape index (κ2) is 7.53. The number of aromatic nitrogens is 1. The van der Waals surface area contributed by atoms with Crippen molar-refractivity contribution in [2.24, 2.45) is 4.99 Å². The van der Waals surface area contributed by atoms with Crippen LogP contribution in [0.25, 0.3) is 12.2 Å². The molecular weight excluding hydrogens is 392 g/mol. The maximum absolute atomic E-state index is 12.4. The zero-order valence-electron chi connectivity index (χ0n) is 15.0. The monoisotopic (exact) mass is 408 g/mol. The number of rotatable bonds is 4. The molecule has 140 valence electrons. The summed E-state index contributed by atoms with van der Waals surface area (Å²) in [5, 5.41) is 12.0. The predicted octanol–water partition coefficient (Wildman–Crippen LogP) is 3.07. The van der Waals surface area contributed by atoms with Crippen molar-refractivity contribution in [2.45, 2.75) is 6.54 Å². The molecule has 5 nitrogen and oxygen atoms in total. The van der Waals surface area contributed by atoms with E-state index in [1.807, 2.05) is 42.5 Å². The van der Waals surface area contributed by atoms with Gasteiger partial charge in [-0.25, -0.2) is 4.99 Å². The molecular formula is C21H16N2O3S2. The minimum Gasteiger partial charge on any atom is -0.497 e. The SMILES string of the molecule is COc1ccc2c(c1)=NC(=O)/C(=C\c1sc(=S)n(Cc3ccccc3)c1O)C=2. The maximum Gasteiger partial charge on any atom is 0.277 e. The Labute approximate surface area is 170 Å². The number of hydrogen-bond acceptors (Lipinski definition) is 5. The van der Waals surface area contributed by atoms with Gasteiger partial charge in [0.15, 0.2) is 3.95 Å². The molecule has 0 saturated heterocycles. The van der Waals surface area contributed by atoms with E-state index in [-0.39, 0.29) is 11.8 Å². The van der Waals surface area contributed by atoms with Crippen molar-refractivity contribution in [3.63, 3.8) is 0 Å². The highest BCUT2D eigenvalue weighted by atomic mass is 32.1. The number of ether oxygens (including phenoxy) is 1. The normalized spacial score (nSPS) is 14.3. The van der Waals surface area contributed by atoms with E-state index in [1.54, 1.807) is 29.9 Å². The Morgan fingerprint density at radius 2 is 2.04 bits per heavy atom. The fourth-order valence-electron chi connectivity index (χ4n) is 2.93. The highest BCUT2D eigenvalue weighted by Crippen LogP contribution is 2.29. The Morgan fingerprint density at radius 3 is 2.79 bits per heavy atom. The first kappa shape index (κ1) is 18.3. The van der Waals surface area contributed by atoms with E-state index in [0.717, 1.165) is 10.8 Å². The molecule has 0 atom stereocenters. The van der Waals surface area contributed by atoms with Crippen LogP contribution in [-0.2, 0) is 11.3 Å². The Kier molecular flexibility index (Phi) is 4.93. The van der Waals surface area contributed by atoms with Crippen molar-refractivity contribution in [2.75, 3.05) is 7.11 Å². The summed E-state index contributed by atoms with van der Waals surface area (Å²) in [6.07, 6.45) is 3.39. The standard InChI is InChI=1S/C21H16N2O3S2/c1-26-16-8-7-14-9-15(19(24)22-17(14)11-16)10-18-20(25)23(21(27)28-18)12-13-5-3-2-4-6-13/h2-11,25H,12H2,1H3/b15-10-. The van der Waals surface area contributed by atoms with E-state index in [2.05, 4.69) is 4.99 Å². The Balaban J connectivity index is 1.73. The Morgan fingerprint density at radius 1 is 1.25 bits per heavy atom. The minimum absolute atomic E-state index is 0.0491. The van der Waals surface area contributed by atoms with Crippen LogP contribution in [0.1, 0.15) is 10.4 Å². The number of amides is 1. The van der Waals surface area contributed by atoms with Gasteiger partial charge in [0.05, 0.1) is 23.9 Å². The number of aromatic hydroxyl groups is 1. The summed E-state index contributed by atoms with van der Waals surface area (Å²) >= 11 is 6.67. The van der Waals surface area contributed by atoms with Gasteiger partial charge in [0.1, 0.15) is 5.75 Å². The molecule has 0 unspecified atom stereocenters. The maximum atomic E-state index is 12.4. The van der Waals surface area contributed by atoms with Crippen LogP contribution in [0.5, 0.6) is 11.6 Å². The number of carbonyl (C=O) groups excluding carboxylic acids is 1. The highest BCUT2D eigenvalue weighted by Gasteiger charge is 2.15. The van der Waals surface area contributed by atoms with Gasteiger partial charge in [-0.15, -0.1) is 11.3 Å². The Hall–Kier alpha value is -3.03. The van der Waals surface area contributed by atoms with Crippen molar-refractivity contribution in [3.8, 4) is 11.6 Å². The molecule has 0 radical (unpaired) electrons. The zero-order chi connectivity index (χ0) is 19.7. The summed E-state index contributed by atoms with van der Waals surface area (Å²) in [5.41, 5.74) is 1.43. The summed E-state index contributed by atoms with van der Waals surface area (Å²) in [4.78, 5) is 17.1. The summed E-state index contributed by atoms with van der Waals surface area (Å²) in [5.74, 6) is 0.326. The predicted molar refractivity (Wildman–Crippen MR) is 112 cm³/mol. The van der Waals surface area contributed by atoms with Gasteiger partial charge in [0, 0.05) is 16.9 Å². The van der Waals surface area contributed by atoms with Crippen LogP contribution in [0, 0.1) is 3.95 Å². The quantitative estimate of drug-likeness (QED) is 0.532. The van der Waals surface area contributed by atoms with E-state index >= 15 is 0 Å². The topological polar surface area (TPSA) is 63.8 Å². The molecule has 1 amide bonds. The van der Waals surface area contributed by atoms with Gasteiger partial charge < -0.3 is 9.84 Å². The van der Waals surface area contributed by atoms with Gasteiger partial charge in [-0.05, 0) is 42.1 Å². The molecule has 0 saturated carbocycles. The number of nitrogens with zero attached hydrogens (tertiary/aromatic N) is 2. The van der Waals surface area contributed by atoms with Crippen LogP contribution in [0.4, 0.5) is 0 Å². The number of methoxy groups -OCH3 is 1. The zero-order valence-corrected chi connectivity index (χ0v) is 16.6. The van der Waals surface area contributed by atoms with E-state index < -0.39 is 0 Å². The first-order chi connectivity index (χ1) is 13.5. The van der Waals surface area contributed by atoms with Gasteiger partial charge in [-0.3, -0.25) is 9.36 Å². The number of fused-ring (bicyclic) bond motifs is 1. The molecule has 4 rings (SSSR count). The number of thiazole rings is 1. The lowest BCUT2D eigenvalue weighted by Crippen LogP contribution is -2.30. The average Bonchev–Trinajstić information content (AvgIpc) is 2.96. The molecule has 0 fully saturated rings. The molecule has 28 heavy (non-hydrogen) atoms. The fourth-order valence-corrected chi connectivity index (χ4v) is 4.19. The van der Waals surface area contributed by atoms with Crippen LogP contribution in [-0.4, -0.2) is 22.7 Å². The van der Waals surface area contributed by atoms with Crippen molar-refractivity contribution >= 4 is 41.6 Å². The molecule has 1 aliphatic rings. The van der Waals surface area contributed by atoms with Gasteiger partial charge in [-0.2, -0.15) is 0 Å². The van der Waals surface area contributed by atoms with Crippen LogP contribution >= 0.6 is 23.6 Å². The summed E-state index contributed by atoms with van der Waals surface area (Å²) in [6, 6.07) is 15.1. The van der Waals surface area contributed by atoms with Gasteiger partial charge >= 0.3 is 0 Å². The lowest BCUT2D eigenvalue weighted by molar-refractivity contribution is -0.114. The van der Waals surface area contributed by atoms with E-state index in [1.165, 1.54) is 11.3 Å². The number of carbonyl (C=O) groups is 1. The summed E-state index contributed by atoms with van der Waals surface area (Å²) < 4.78 is 7.37. The van der Waals surface area contributed by atoms with Gasteiger partial charge in [-0.1, -0.05) is 30.3 Å². The lowest BCUT2D eigenvalue weighted by atomic mass is 10.1. The lowest BCUT2D eigenvalue weighted by Gasteiger charge is -2.06. The minimum atomic E-state index is -0.367. The summed E-state index contributed by atoms with van der Waals surface area (Å²) in [7, 11) is 1.57. The molecule has 2 heterocycles. The van der Waals surface area contributed by atoms with Crippen LogP contribution in [0.2, 0.25) is 0 Å². The smallest absolute Gasteiger partial charge is 0.277 e. The molecule has 1 N–H and O–H groups in total. The number of benzene rings is 2. The van der Waals surface area contributed by atoms with Crippen molar-refractivity contribution in [3.05, 3.63) is 79.1 Å². The highest BCUT2D eigenvalue weighted by molar-refractivity contribution is 7.73. The molecule has 0 spiro atoms. The van der Waals surface area contributed by atoms with Gasteiger partial charge in [0.25, 0.3) is 5.91 Å². The molecule has 3 aromatic rings. The molecule has 7 heteroatoms. The first-order valence-corrected chi connectivity index (χ1v) is 9.74. The van der Waals surface area contributed by atoms with Gasteiger partial charge in [0.2, 0.25) is 5.88 Å². The molecule has 0 aliphatic carbocycles. The van der Waals surface area contributed by atoms with Crippen molar-refractivity contribution in [1.82, 2.24) is 4.57 Å². The third-order valence-electron chi connectivity index (χ3n) is 4.38. The fraction of sp³-hybridized carbons (Fsp3) is 0.0952. The largest absolute Gasteiger partial charge is 0.497 e. The van der Waals surface area contributed by atoms with Crippen molar-refractivity contribution in [1.29, 1.82) is 0 Å². The summed E-state index contributed by atoms with van der Waals surface area (Å²) in [6.45, 7) is 0.468. The second-order valence-corrected chi connectivity index (χ2v) is 7.89. The first-order valence-electron chi connectivity index (χ1n) is 8.52. The van der Waals surface area contributed by atoms with Crippen LogP contribution in [0.3, 0.4) is 0 Å². The Bertz CT molecular complexity index is 1270. The molecule has 2 aromatic carbocycles. The van der Waals surface area contributed by atoms with E-state index in [4.69, 9.17) is 17.0 Å². The number of hydrogen-bond donors (Lipinski definition) is 1. The van der Waals surface area contributed by atoms with Crippen LogP contribution in [0.15, 0.2) is 59.1 Å². The average molecular weight is 409 g/mol. The second-order valence-electron chi connectivity index (χ2n) is 6.21. The molecule has 1 aliphatic heterocycles. The molecule has 0 bridgehead atoms. The third-order valence-corrected chi connectivity index (χ3v) is 5.77. The van der Waals surface area contributed by atoms with Crippen LogP contribution < -0.4 is 15.3 Å². The third kappa shape index (κ3) is 3.54.